The summed E-state index contributed by atoms with van der Waals surface area (Å²) in [6, 6.07) is 9.56. The Kier molecular flexibility index (Phi) is 6.40. The molecular weight excluding hydrogens is 292 g/mol. The molecule has 0 aromatic heterocycles. The van der Waals surface area contributed by atoms with Gasteiger partial charge in [-0.15, -0.1) is 0 Å². The molecule has 1 aliphatic heterocycles. The van der Waals surface area contributed by atoms with Crippen LogP contribution in [0, 0.1) is 0 Å². The highest BCUT2D eigenvalue weighted by Gasteiger charge is 2.22. The van der Waals surface area contributed by atoms with Gasteiger partial charge in [-0.05, 0) is 25.5 Å². The highest BCUT2D eigenvalue weighted by molar-refractivity contribution is 5.89. The molecular formula is C17H26N4O2. The standard InChI is InChI=1S/C17H26N4O2/c1-3-14(2)18-16(22)13-20-9-11-21(12-10-20)17(23)19-15-7-5-4-6-8-15/h4-8,14H,3,9-13H2,1-2H3,(H,18,22)(H,19,23). The van der Waals surface area contributed by atoms with Crippen LogP contribution in [-0.2, 0) is 4.79 Å². The number of carbonyl (C=O) groups is 2. The number of para-hydroxylation sites is 1. The van der Waals surface area contributed by atoms with E-state index in [1.807, 2.05) is 37.3 Å². The Morgan fingerprint density at radius 3 is 2.39 bits per heavy atom. The average molecular weight is 318 g/mol. The zero-order chi connectivity index (χ0) is 16.7. The average Bonchev–Trinajstić information content (AvgIpc) is 2.56. The van der Waals surface area contributed by atoms with Crippen molar-refractivity contribution in [3.05, 3.63) is 30.3 Å². The maximum atomic E-state index is 12.2. The van der Waals surface area contributed by atoms with E-state index >= 15 is 0 Å². The minimum atomic E-state index is -0.0834. The Labute approximate surface area is 137 Å². The second kappa shape index (κ2) is 8.53. The SMILES string of the molecule is CCC(C)NC(=O)CN1CCN(C(=O)Nc2ccccc2)CC1. The molecule has 23 heavy (non-hydrogen) atoms. The smallest absolute Gasteiger partial charge is 0.321 e. The van der Waals surface area contributed by atoms with Gasteiger partial charge in [0.25, 0.3) is 0 Å². The monoisotopic (exact) mass is 318 g/mol. The van der Waals surface area contributed by atoms with Gasteiger partial charge in [-0.2, -0.15) is 0 Å². The number of anilines is 1. The predicted octanol–water partition coefficient (Wildman–Crippen LogP) is 1.75. The van der Waals surface area contributed by atoms with E-state index in [1.54, 1.807) is 4.90 Å². The topological polar surface area (TPSA) is 64.7 Å². The van der Waals surface area contributed by atoms with Crippen LogP contribution >= 0.6 is 0 Å². The molecule has 0 saturated carbocycles. The summed E-state index contributed by atoms with van der Waals surface area (Å²) in [5, 5.41) is 5.86. The molecule has 0 radical (unpaired) electrons. The molecule has 2 rings (SSSR count). The van der Waals surface area contributed by atoms with E-state index in [-0.39, 0.29) is 18.0 Å². The molecule has 1 unspecified atom stereocenters. The molecule has 0 aliphatic carbocycles. The molecule has 6 heteroatoms. The van der Waals surface area contributed by atoms with E-state index in [4.69, 9.17) is 0 Å². The number of carbonyl (C=O) groups excluding carboxylic acids is 2. The van der Waals surface area contributed by atoms with Crippen LogP contribution in [0.3, 0.4) is 0 Å². The largest absolute Gasteiger partial charge is 0.353 e. The first-order valence-electron chi connectivity index (χ1n) is 8.21. The maximum Gasteiger partial charge on any atom is 0.321 e. The second-order valence-electron chi connectivity index (χ2n) is 5.94. The van der Waals surface area contributed by atoms with Crippen molar-refractivity contribution in [2.24, 2.45) is 0 Å². The van der Waals surface area contributed by atoms with Gasteiger partial charge in [-0.3, -0.25) is 9.69 Å². The molecule has 0 bridgehead atoms. The van der Waals surface area contributed by atoms with Crippen LogP contribution in [0.15, 0.2) is 30.3 Å². The maximum absolute atomic E-state index is 12.2. The quantitative estimate of drug-likeness (QED) is 0.869. The molecule has 0 spiro atoms. The lowest BCUT2D eigenvalue weighted by Crippen LogP contribution is -2.52. The summed E-state index contributed by atoms with van der Waals surface area (Å²) in [7, 11) is 0. The Balaban J connectivity index is 1.73. The predicted molar refractivity (Wildman–Crippen MR) is 91.4 cm³/mol. The van der Waals surface area contributed by atoms with Gasteiger partial charge in [0, 0.05) is 37.9 Å². The van der Waals surface area contributed by atoms with Gasteiger partial charge >= 0.3 is 6.03 Å². The van der Waals surface area contributed by atoms with Crippen LogP contribution in [0.25, 0.3) is 0 Å². The summed E-state index contributed by atoms with van der Waals surface area (Å²) in [6.07, 6.45) is 0.930. The molecule has 1 saturated heterocycles. The number of nitrogens with one attached hydrogen (secondary N) is 2. The van der Waals surface area contributed by atoms with Gasteiger partial charge in [0.05, 0.1) is 6.54 Å². The van der Waals surface area contributed by atoms with E-state index in [2.05, 4.69) is 22.5 Å². The van der Waals surface area contributed by atoms with Gasteiger partial charge in [0.15, 0.2) is 0 Å². The molecule has 1 aromatic rings. The first-order valence-corrected chi connectivity index (χ1v) is 8.21. The van der Waals surface area contributed by atoms with Crippen molar-refractivity contribution in [3.63, 3.8) is 0 Å². The van der Waals surface area contributed by atoms with Crippen molar-refractivity contribution in [2.75, 3.05) is 38.0 Å². The summed E-state index contributed by atoms with van der Waals surface area (Å²) < 4.78 is 0. The highest BCUT2D eigenvalue weighted by atomic mass is 16.2. The Morgan fingerprint density at radius 2 is 1.78 bits per heavy atom. The number of urea groups is 1. The number of rotatable bonds is 5. The number of nitrogens with zero attached hydrogens (tertiary/aromatic N) is 2. The van der Waals surface area contributed by atoms with Crippen LogP contribution in [0.2, 0.25) is 0 Å². The number of hydrogen-bond donors (Lipinski definition) is 2. The fourth-order valence-corrected chi connectivity index (χ4v) is 2.46. The third-order valence-corrected chi connectivity index (χ3v) is 4.07. The third kappa shape index (κ3) is 5.56. The summed E-state index contributed by atoms with van der Waals surface area (Å²) in [4.78, 5) is 28.0. The van der Waals surface area contributed by atoms with Gasteiger partial charge in [0.2, 0.25) is 5.91 Å². The fraction of sp³-hybridized carbons (Fsp3) is 0.529. The molecule has 1 atom stereocenters. The van der Waals surface area contributed by atoms with E-state index in [0.29, 0.717) is 19.6 Å². The number of amides is 3. The van der Waals surface area contributed by atoms with Crippen LogP contribution in [0.4, 0.5) is 10.5 Å². The van der Waals surface area contributed by atoms with Crippen molar-refractivity contribution in [1.82, 2.24) is 15.1 Å². The van der Waals surface area contributed by atoms with Crippen molar-refractivity contribution in [1.29, 1.82) is 0 Å². The fourth-order valence-electron chi connectivity index (χ4n) is 2.46. The first-order chi connectivity index (χ1) is 11.1. The molecule has 2 N–H and O–H groups in total. The summed E-state index contributed by atoms with van der Waals surface area (Å²) in [5.41, 5.74) is 0.799. The zero-order valence-electron chi connectivity index (χ0n) is 13.9. The number of benzene rings is 1. The van der Waals surface area contributed by atoms with Gasteiger partial charge in [0.1, 0.15) is 0 Å². The minimum absolute atomic E-state index is 0.0570. The second-order valence-corrected chi connectivity index (χ2v) is 5.94. The van der Waals surface area contributed by atoms with Crippen LogP contribution in [0.5, 0.6) is 0 Å². The molecule has 1 aliphatic rings. The lowest BCUT2D eigenvalue weighted by molar-refractivity contribution is -0.123. The van der Waals surface area contributed by atoms with E-state index in [1.165, 1.54) is 0 Å². The molecule has 1 heterocycles. The molecule has 1 aromatic carbocycles. The third-order valence-electron chi connectivity index (χ3n) is 4.07. The number of hydrogen-bond acceptors (Lipinski definition) is 3. The van der Waals surface area contributed by atoms with Crippen molar-refractivity contribution in [2.45, 2.75) is 26.3 Å². The Morgan fingerprint density at radius 1 is 1.13 bits per heavy atom. The summed E-state index contributed by atoms with van der Waals surface area (Å²) in [6.45, 7) is 7.16. The van der Waals surface area contributed by atoms with Crippen LogP contribution < -0.4 is 10.6 Å². The Bertz CT molecular complexity index is 513. The van der Waals surface area contributed by atoms with E-state index in [0.717, 1.165) is 25.2 Å². The first kappa shape index (κ1) is 17.3. The number of piperazine rings is 1. The molecule has 3 amide bonds. The highest BCUT2D eigenvalue weighted by Crippen LogP contribution is 2.08. The normalized spacial score (nSPS) is 16.7. The van der Waals surface area contributed by atoms with Crippen molar-refractivity contribution < 1.29 is 9.59 Å². The van der Waals surface area contributed by atoms with Gasteiger partial charge in [-0.25, -0.2) is 4.79 Å². The van der Waals surface area contributed by atoms with Gasteiger partial charge in [-0.1, -0.05) is 25.1 Å². The zero-order valence-corrected chi connectivity index (χ0v) is 13.9. The van der Waals surface area contributed by atoms with Crippen LogP contribution in [-0.4, -0.2) is 60.5 Å². The molecule has 126 valence electrons. The van der Waals surface area contributed by atoms with Gasteiger partial charge < -0.3 is 15.5 Å². The van der Waals surface area contributed by atoms with E-state index < -0.39 is 0 Å². The van der Waals surface area contributed by atoms with E-state index in [9.17, 15) is 9.59 Å². The Hall–Kier alpha value is -2.08. The van der Waals surface area contributed by atoms with Crippen molar-refractivity contribution >= 4 is 17.6 Å². The van der Waals surface area contributed by atoms with Crippen LogP contribution in [0.1, 0.15) is 20.3 Å². The summed E-state index contributed by atoms with van der Waals surface area (Å²) in [5.74, 6) is 0.0570. The summed E-state index contributed by atoms with van der Waals surface area (Å²) >= 11 is 0. The van der Waals surface area contributed by atoms with Crippen molar-refractivity contribution in [3.8, 4) is 0 Å². The molecule has 6 nitrogen and oxygen atoms in total. The lowest BCUT2D eigenvalue weighted by Gasteiger charge is -2.34. The minimum Gasteiger partial charge on any atom is -0.353 e. The molecule has 1 fully saturated rings. The lowest BCUT2D eigenvalue weighted by atomic mass is 10.2.